The van der Waals surface area contributed by atoms with Gasteiger partial charge in [0.1, 0.15) is 6.07 Å². The van der Waals surface area contributed by atoms with Crippen molar-refractivity contribution in [2.75, 3.05) is 6.61 Å². The standard InChI is InChI=1S/C19H23NO/c1-2-3-4-8-15-21-19(16-20)13-11-18(12-14-19)17-9-6-5-7-10-17/h5-7,9-13H,2-4,8,14-15H2,1H3. The summed E-state index contributed by atoms with van der Waals surface area (Å²) in [6, 6.07) is 12.6. The summed E-state index contributed by atoms with van der Waals surface area (Å²) in [5.74, 6) is 0. The van der Waals surface area contributed by atoms with Crippen LogP contribution in [0.15, 0.2) is 48.6 Å². The fraction of sp³-hybridized carbons (Fsp3) is 0.421. The van der Waals surface area contributed by atoms with Crippen LogP contribution in [0.5, 0.6) is 0 Å². The minimum Gasteiger partial charge on any atom is -0.356 e. The molecule has 1 aliphatic rings. The molecule has 0 spiro atoms. The zero-order chi connectivity index (χ0) is 15.0. The molecule has 2 heteroatoms. The van der Waals surface area contributed by atoms with Gasteiger partial charge in [0.15, 0.2) is 5.60 Å². The van der Waals surface area contributed by atoms with Gasteiger partial charge in [-0.1, -0.05) is 68.7 Å². The van der Waals surface area contributed by atoms with Crippen LogP contribution in [0.4, 0.5) is 0 Å². The quantitative estimate of drug-likeness (QED) is 0.667. The normalized spacial score (nSPS) is 20.9. The molecule has 1 aliphatic carbocycles. The predicted molar refractivity (Wildman–Crippen MR) is 86.6 cm³/mol. The van der Waals surface area contributed by atoms with E-state index in [4.69, 9.17) is 4.74 Å². The van der Waals surface area contributed by atoms with Crippen LogP contribution in [0.1, 0.15) is 44.6 Å². The predicted octanol–water partition coefficient (Wildman–Crippen LogP) is 4.89. The molecule has 0 amide bonds. The van der Waals surface area contributed by atoms with Crippen molar-refractivity contribution >= 4 is 5.57 Å². The third-order valence-corrected chi connectivity index (χ3v) is 3.81. The van der Waals surface area contributed by atoms with Crippen LogP contribution in [0.25, 0.3) is 5.57 Å². The Morgan fingerprint density at radius 3 is 2.62 bits per heavy atom. The highest BCUT2D eigenvalue weighted by molar-refractivity contribution is 5.75. The minimum absolute atomic E-state index is 0.623. The Kier molecular flexibility index (Phi) is 5.78. The number of nitriles is 1. The Bertz CT molecular complexity index is 538. The van der Waals surface area contributed by atoms with Crippen molar-refractivity contribution in [3.8, 4) is 6.07 Å². The third kappa shape index (κ3) is 4.31. The van der Waals surface area contributed by atoms with Gasteiger partial charge in [0.05, 0.1) is 0 Å². The van der Waals surface area contributed by atoms with E-state index in [1.165, 1.54) is 24.8 Å². The van der Waals surface area contributed by atoms with Gasteiger partial charge in [-0.05, 0) is 23.6 Å². The van der Waals surface area contributed by atoms with E-state index in [9.17, 15) is 5.26 Å². The summed E-state index contributed by atoms with van der Waals surface area (Å²) in [4.78, 5) is 0. The van der Waals surface area contributed by atoms with Crippen LogP contribution >= 0.6 is 0 Å². The molecule has 1 aromatic carbocycles. The summed E-state index contributed by atoms with van der Waals surface area (Å²) in [6.07, 6.45) is 11.3. The Labute approximate surface area is 127 Å². The highest BCUT2D eigenvalue weighted by Gasteiger charge is 2.29. The van der Waals surface area contributed by atoms with Crippen molar-refractivity contribution in [2.45, 2.75) is 44.6 Å². The monoisotopic (exact) mass is 281 g/mol. The van der Waals surface area contributed by atoms with Gasteiger partial charge in [0.2, 0.25) is 0 Å². The van der Waals surface area contributed by atoms with Gasteiger partial charge in [0, 0.05) is 13.0 Å². The van der Waals surface area contributed by atoms with E-state index in [0.29, 0.717) is 13.0 Å². The molecule has 21 heavy (non-hydrogen) atoms. The van der Waals surface area contributed by atoms with Crippen LogP contribution in [-0.4, -0.2) is 12.2 Å². The lowest BCUT2D eigenvalue weighted by Crippen LogP contribution is -2.29. The summed E-state index contributed by atoms with van der Waals surface area (Å²) in [6.45, 7) is 2.85. The van der Waals surface area contributed by atoms with Crippen molar-refractivity contribution < 1.29 is 4.74 Å². The number of hydrogen-bond acceptors (Lipinski definition) is 2. The second-order valence-electron chi connectivity index (χ2n) is 5.47. The molecule has 110 valence electrons. The van der Waals surface area contributed by atoms with E-state index in [-0.39, 0.29) is 0 Å². The third-order valence-electron chi connectivity index (χ3n) is 3.81. The van der Waals surface area contributed by atoms with E-state index in [1.54, 1.807) is 0 Å². The Morgan fingerprint density at radius 2 is 2.00 bits per heavy atom. The molecule has 0 N–H and O–H groups in total. The van der Waals surface area contributed by atoms with Crippen molar-refractivity contribution in [2.24, 2.45) is 0 Å². The second-order valence-corrected chi connectivity index (χ2v) is 5.47. The Morgan fingerprint density at radius 1 is 1.19 bits per heavy atom. The molecule has 2 rings (SSSR count). The lowest BCUT2D eigenvalue weighted by Gasteiger charge is -2.25. The molecule has 1 unspecified atom stereocenters. The maximum atomic E-state index is 9.45. The summed E-state index contributed by atoms with van der Waals surface area (Å²) in [5.41, 5.74) is 1.57. The maximum absolute atomic E-state index is 9.45. The molecule has 0 radical (unpaired) electrons. The number of benzene rings is 1. The summed E-state index contributed by atoms with van der Waals surface area (Å²) < 4.78 is 5.86. The number of rotatable bonds is 7. The average molecular weight is 281 g/mol. The molecule has 0 fully saturated rings. The summed E-state index contributed by atoms with van der Waals surface area (Å²) in [5, 5.41) is 9.45. The lowest BCUT2D eigenvalue weighted by atomic mass is 9.90. The van der Waals surface area contributed by atoms with Gasteiger partial charge >= 0.3 is 0 Å². The SMILES string of the molecule is CCCCCCOC1(C#N)C=CC(c2ccccc2)=CC1. The van der Waals surface area contributed by atoms with E-state index in [2.05, 4.69) is 31.2 Å². The fourth-order valence-electron chi connectivity index (χ4n) is 2.47. The van der Waals surface area contributed by atoms with Gasteiger partial charge in [-0.15, -0.1) is 0 Å². The van der Waals surface area contributed by atoms with Crippen LogP contribution in [0.2, 0.25) is 0 Å². The highest BCUT2D eigenvalue weighted by Crippen LogP contribution is 2.29. The van der Waals surface area contributed by atoms with Crippen LogP contribution in [-0.2, 0) is 4.74 Å². The lowest BCUT2D eigenvalue weighted by molar-refractivity contribution is 0.0324. The van der Waals surface area contributed by atoms with Crippen LogP contribution < -0.4 is 0 Å². The van der Waals surface area contributed by atoms with Gasteiger partial charge in [-0.25, -0.2) is 0 Å². The van der Waals surface area contributed by atoms with Crippen molar-refractivity contribution in [1.29, 1.82) is 5.26 Å². The maximum Gasteiger partial charge on any atom is 0.176 e. The summed E-state index contributed by atoms with van der Waals surface area (Å²) >= 11 is 0. The number of ether oxygens (including phenoxy) is 1. The molecule has 0 bridgehead atoms. The van der Waals surface area contributed by atoms with Gasteiger partial charge < -0.3 is 4.74 Å². The minimum atomic E-state index is -0.773. The Balaban J connectivity index is 1.92. The molecule has 0 aliphatic heterocycles. The molecular formula is C19H23NO. The fourth-order valence-corrected chi connectivity index (χ4v) is 2.47. The topological polar surface area (TPSA) is 33.0 Å². The molecule has 1 atom stereocenters. The average Bonchev–Trinajstić information content (AvgIpc) is 2.56. The largest absolute Gasteiger partial charge is 0.356 e. The number of nitrogens with zero attached hydrogens (tertiary/aromatic N) is 1. The number of unbranched alkanes of at least 4 members (excludes halogenated alkanes) is 3. The Hall–Kier alpha value is -1.85. The van der Waals surface area contributed by atoms with Gasteiger partial charge in [-0.2, -0.15) is 5.26 Å². The van der Waals surface area contributed by atoms with E-state index in [0.717, 1.165) is 12.0 Å². The van der Waals surface area contributed by atoms with E-state index < -0.39 is 5.60 Å². The summed E-state index contributed by atoms with van der Waals surface area (Å²) in [7, 11) is 0. The first-order valence-electron chi connectivity index (χ1n) is 7.80. The second kappa shape index (κ2) is 7.81. The molecule has 0 saturated heterocycles. The highest BCUT2D eigenvalue weighted by atomic mass is 16.5. The van der Waals surface area contributed by atoms with E-state index >= 15 is 0 Å². The number of allylic oxidation sites excluding steroid dienone is 2. The first kappa shape index (κ1) is 15.5. The first-order chi connectivity index (χ1) is 10.3. The smallest absolute Gasteiger partial charge is 0.176 e. The van der Waals surface area contributed by atoms with Gasteiger partial charge in [0.25, 0.3) is 0 Å². The molecular weight excluding hydrogens is 258 g/mol. The van der Waals surface area contributed by atoms with Crippen LogP contribution in [0.3, 0.4) is 0 Å². The molecule has 0 heterocycles. The van der Waals surface area contributed by atoms with Crippen molar-refractivity contribution in [3.05, 3.63) is 54.1 Å². The first-order valence-corrected chi connectivity index (χ1v) is 7.80. The zero-order valence-corrected chi connectivity index (χ0v) is 12.7. The van der Waals surface area contributed by atoms with Crippen molar-refractivity contribution in [1.82, 2.24) is 0 Å². The molecule has 2 nitrogen and oxygen atoms in total. The number of hydrogen-bond donors (Lipinski definition) is 0. The van der Waals surface area contributed by atoms with E-state index in [1.807, 2.05) is 30.4 Å². The molecule has 0 saturated carbocycles. The van der Waals surface area contributed by atoms with Crippen molar-refractivity contribution in [3.63, 3.8) is 0 Å². The zero-order valence-electron chi connectivity index (χ0n) is 12.7. The van der Waals surface area contributed by atoms with Crippen LogP contribution in [0, 0.1) is 11.3 Å². The molecule has 1 aromatic rings. The van der Waals surface area contributed by atoms with Gasteiger partial charge in [-0.3, -0.25) is 0 Å². The molecule has 0 aromatic heterocycles.